The summed E-state index contributed by atoms with van der Waals surface area (Å²) in [5.41, 5.74) is 5.59. The molecular formula is C11H27N3. The van der Waals surface area contributed by atoms with Gasteiger partial charge in [-0.2, -0.15) is 0 Å². The molecule has 3 heteroatoms. The highest BCUT2D eigenvalue weighted by atomic mass is 15.2. The molecule has 14 heavy (non-hydrogen) atoms. The SMILES string of the molecule is CCN(C(C)CCN)C(C)CN(C)C. The molecule has 2 unspecified atom stereocenters. The lowest BCUT2D eigenvalue weighted by Gasteiger charge is -2.34. The van der Waals surface area contributed by atoms with Crippen LogP contribution >= 0.6 is 0 Å². The number of likely N-dealkylation sites (N-methyl/N-ethyl adjacent to an activating group) is 2. The number of rotatable bonds is 7. The second kappa shape index (κ2) is 7.21. The summed E-state index contributed by atoms with van der Waals surface area (Å²) < 4.78 is 0. The molecule has 86 valence electrons. The Morgan fingerprint density at radius 1 is 1.14 bits per heavy atom. The van der Waals surface area contributed by atoms with Crippen molar-refractivity contribution in [1.82, 2.24) is 9.80 Å². The summed E-state index contributed by atoms with van der Waals surface area (Å²) in [5.74, 6) is 0. The number of nitrogens with two attached hydrogens (primary N) is 1. The van der Waals surface area contributed by atoms with E-state index in [2.05, 4.69) is 44.7 Å². The van der Waals surface area contributed by atoms with Crippen molar-refractivity contribution < 1.29 is 0 Å². The summed E-state index contributed by atoms with van der Waals surface area (Å²) in [6.07, 6.45) is 1.09. The van der Waals surface area contributed by atoms with Gasteiger partial charge < -0.3 is 10.6 Å². The van der Waals surface area contributed by atoms with Crippen molar-refractivity contribution in [2.45, 2.75) is 39.3 Å². The molecule has 0 bridgehead atoms. The maximum absolute atomic E-state index is 5.59. The highest BCUT2D eigenvalue weighted by Crippen LogP contribution is 2.08. The van der Waals surface area contributed by atoms with Crippen LogP contribution in [0.25, 0.3) is 0 Å². The van der Waals surface area contributed by atoms with Gasteiger partial charge in [0.1, 0.15) is 0 Å². The van der Waals surface area contributed by atoms with E-state index in [1.54, 1.807) is 0 Å². The van der Waals surface area contributed by atoms with Gasteiger partial charge in [0.15, 0.2) is 0 Å². The molecular weight excluding hydrogens is 174 g/mol. The summed E-state index contributed by atoms with van der Waals surface area (Å²) in [7, 11) is 4.25. The molecule has 2 atom stereocenters. The van der Waals surface area contributed by atoms with Gasteiger partial charge >= 0.3 is 0 Å². The quantitative estimate of drug-likeness (QED) is 0.667. The van der Waals surface area contributed by atoms with Crippen molar-refractivity contribution in [2.24, 2.45) is 5.73 Å². The highest BCUT2D eigenvalue weighted by molar-refractivity contribution is 4.74. The lowest BCUT2D eigenvalue weighted by molar-refractivity contribution is 0.132. The Kier molecular flexibility index (Phi) is 7.15. The van der Waals surface area contributed by atoms with Crippen LogP contribution in [0, 0.1) is 0 Å². The zero-order valence-corrected chi connectivity index (χ0v) is 10.5. The largest absolute Gasteiger partial charge is 0.330 e. The van der Waals surface area contributed by atoms with Crippen molar-refractivity contribution in [3.05, 3.63) is 0 Å². The van der Waals surface area contributed by atoms with Crippen LogP contribution in [0.2, 0.25) is 0 Å². The smallest absolute Gasteiger partial charge is 0.0197 e. The normalized spacial score (nSPS) is 16.3. The van der Waals surface area contributed by atoms with Gasteiger partial charge in [0.25, 0.3) is 0 Å². The molecule has 2 N–H and O–H groups in total. The second-order valence-corrected chi connectivity index (χ2v) is 4.37. The Balaban J connectivity index is 4.09. The van der Waals surface area contributed by atoms with Crippen LogP contribution in [0.1, 0.15) is 27.2 Å². The van der Waals surface area contributed by atoms with Crippen LogP contribution in [0.4, 0.5) is 0 Å². The minimum absolute atomic E-state index is 0.597. The molecule has 0 saturated heterocycles. The first-order valence-electron chi connectivity index (χ1n) is 5.63. The zero-order chi connectivity index (χ0) is 11.1. The predicted octanol–water partition coefficient (Wildman–Crippen LogP) is 0.996. The predicted molar refractivity (Wildman–Crippen MR) is 63.5 cm³/mol. The van der Waals surface area contributed by atoms with E-state index in [0.29, 0.717) is 12.1 Å². The van der Waals surface area contributed by atoms with Crippen molar-refractivity contribution >= 4 is 0 Å². The molecule has 0 saturated carbocycles. The summed E-state index contributed by atoms with van der Waals surface area (Å²) in [4.78, 5) is 4.76. The van der Waals surface area contributed by atoms with Gasteiger partial charge in [-0.3, -0.25) is 4.90 Å². The Labute approximate surface area is 89.2 Å². The fourth-order valence-corrected chi connectivity index (χ4v) is 2.10. The fraction of sp³-hybridized carbons (Fsp3) is 1.00. The third-order valence-corrected chi connectivity index (χ3v) is 2.71. The molecule has 0 rings (SSSR count). The first kappa shape index (κ1) is 13.9. The van der Waals surface area contributed by atoms with Crippen molar-refractivity contribution in [2.75, 3.05) is 33.7 Å². The van der Waals surface area contributed by atoms with Crippen molar-refractivity contribution in [3.63, 3.8) is 0 Å². The molecule has 0 amide bonds. The fourth-order valence-electron chi connectivity index (χ4n) is 2.10. The minimum Gasteiger partial charge on any atom is -0.330 e. The molecule has 0 fully saturated rings. The van der Waals surface area contributed by atoms with Gasteiger partial charge in [-0.15, -0.1) is 0 Å². The molecule has 0 spiro atoms. The minimum atomic E-state index is 0.597. The molecule has 0 heterocycles. The van der Waals surface area contributed by atoms with E-state index in [1.165, 1.54) is 0 Å². The number of hydrogen-bond donors (Lipinski definition) is 1. The van der Waals surface area contributed by atoms with Gasteiger partial charge in [-0.05, 0) is 47.5 Å². The maximum Gasteiger partial charge on any atom is 0.0197 e. The average molecular weight is 201 g/mol. The second-order valence-electron chi connectivity index (χ2n) is 4.37. The van der Waals surface area contributed by atoms with E-state index >= 15 is 0 Å². The van der Waals surface area contributed by atoms with E-state index in [4.69, 9.17) is 5.73 Å². The summed E-state index contributed by atoms with van der Waals surface area (Å²) in [6, 6.07) is 1.21. The van der Waals surface area contributed by atoms with Gasteiger partial charge in [0.05, 0.1) is 0 Å². The van der Waals surface area contributed by atoms with Crippen LogP contribution in [-0.2, 0) is 0 Å². The maximum atomic E-state index is 5.59. The Hall–Kier alpha value is -0.120. The molecule has 0 radical (unpaired) electrons. The molecule has 0 aromatic carbocycles. The van der Waals surface area contributed by atoms with Crippen LogP contribution in [-0.4, -0.2) is 55.6 Å². The van der Waals surface area contributed by atoms with Gasteiger partial charge in [-0.1, -0.05) is 6.92 Å². The third kappa shape index (κ3) is 4.94. The van der Waals surface area contributed by atoms with Crippen LogP contribution < -0.4 is 5.73 Å². The van der Waals surface area contributed by atoms with Crippen molar-refractivity contribution in [3.8, 4) is 0 Å². The third-order valence-electron chi connectivity index (χ3n) is 2.71. The summed E-state index contributed by atoms with van der Waals surface area (Å²) in [5, 5.41) is 0. The lowest BCUT2D eigenvalue weighted by atomic mass is 10.1. The van der Waals surface area contributed by atoms with E-state index < -0.39 is 0 Å². The van der Waals surface area contributed by atoms with Gasteiger partial charge in [0, 0.05) is 18.6 Å². The molecule has 0 aromatic heterocycles. The standard InChI is InChI=1S/C11H27N3/c1-6-14(10(2)7-8-12)11(3)9-13(4)5/h10-11H,6-9,12H2,1-5H3. The van der Waals surface area contributed by atoms with Crippen LogP contribution in [0.5, 0.6) is 0 Å². The first-order chi connectivity index (χ1) is 6.52. The highest BCUT2D eigenvalue weighted by Gasteiger charge is 2.17. The molecule has 0 aliphatic heterocycles. The molecule has 3 nitrogen and oxygen atoms in total. The van der Waals surface area contributed by atoms with E-state index in [9.17, 15) is 0 Å². The Morgan fingerprint density at radius 3 is 2.07 bits per heavy atom. The average Bonchev–Trinajstić information content (AvgIpc) is 2.04. The Bertz CT molecular complexity index is 136. The zero-order valence-electron chi connectivity index (χ0n) is 10.5. The molecule has 0 aliphatic carbocycles. The number of hydrogen-bond acceptors (Lipinski definition) is 3. The van der Waals surface area contributed by atoms with E-state index in [1.807, 2.05) is 0 Å². The monoisotopic (exact) mass is 201 g/mol. The molecule has 0 aromatic rings. The van der Waals surface area contributed by atoms with Crippen LogP contribution in [0.15, 0.2) is 0 Å². The van der Waals surface area contributed by atoms with Gasteiger partial charge in [-0.25, -0.2) is 0 Å². The van der Waals surface area contributed by atoms with E-state index in [-0.39, 0.29) is 0 Å². The van der Waals surface area contributed by atoms with Crippen LogP contribution in [0.3, 0.4) is 0 Å². The topological polar surface area (TPSA) is 32.5 Å². The number of nitrogens with zero attached hydrogens (tertiary/aromatic N) is 2. The van der Waals surface area contributed by atoms with Gasteiger partial charge in [0.2, 0.25) is 0 Å². The molecule has 0 aliphatic rings. The first-order valence-corrected chi connectivity index (χ1v) is 5.63. The summed E-state index contributed by atoms with van der Waals surface area (Å²) >= 11 is 0. The lowest BCUT2D eigenvalue weighted by Crippen LogP contribution is -2.45. The summed E-state index contributed by atoms with van der Waals surface area (Å²) in [6.45, 7) is 9.78. The Morgan fingerprint density at radius 2 is 1.71 bits per heavy atom. The van der Waals surface area contributed by atoms with Crippen molar-refractivity contribution in [1.29, 1.82) is 0 Å². The van der Waals surface area contributed by atoms with E-state index in [0.717, 1.165) is 26.1 Å².